The molecule has 0 atom stereocenters. The van der Waals surface area contributed by atoms with Gasteiger partial charge >= 0.3 is 11.9 Å². The lowest BCUT2D eigenvalue weighted by molar-refractivity contribution is -0.145. The quantitative estimate of drug-likeness (QED) is 0.475. The number of halogens is 1. The first-order valence-electron chi connectivity index (χ1n) is 8.12. The van der Waals surface area contributed by atoms with Gasteiger partial charge in [-0.3, -0.25) is 14.4 Å². The van der Waals surface area contributed by atoms with Gasteiger partial charge in [0.25, 0.3) is 0 Å². The zero-order chi connectivity index (χ0) is 19.4. The minimum atomic E-state index is -0.740. The van der Waals surface area contributed by atoms with Crippen LogP contribution in [0.25, 0.3) is 0 Å². The van der Waals surface area contributed by atoms with Crippen molar-refractivity contribution in [2.24, 2.45) is 10.8 Å². The molecule has 1 rings (SSSR count). The van der Waals surface area contributed by atoms with Crippen LogP contribution in [0, 0.1) is 10.8 Å². The molecule has 0 aliphatic heterocycles. The molecule has 0 aromatic heterocycles. The van der Waals surface area contributed by atoms with Gasteiger partial charge in [0.2, 0.25) is 0 Å². The average molecular weight is 386 g/mol. The van der Waals surface area contributed by atoms with Crippen molar-refractivity contribution < 1.29 is 23.9 Å². The number of esters is 2. The lowest BCUT2D eigenvalue weighted by atomic mass is 9.97. The van der Waals surface area contributed by atoms with E-state index in [-0.39, 0.29) is 36.2 Å². The molecule has 0 heterocycles. The molecule has 0 unspecified atom stereocenters. The van der Waals surface area contributed by atoms with E-state index in [9.17, 15) is 14.4 Å². The highest BCUT2D eigenvalue weighted by atomic mass is 35.5. The van der Waals surface area contributed by atoms with Gasteiger partial charge in [0.05, 0.1) is 17.4 Å². The maximum Gasteiger partial charge on any atom is 0.316 e. The summed E-state index contributed by atoms with van der Waals surface area (Å²) in [6.45, 7) is 10.5. The minimum absolute atomic E-state index is 0. The van der Waals surface area contributed by atoms with E-state index in [0.29, 0.717) is 5.56 Å². The van der Waals surface area contributed by atoms with Crippen LogP contribution in [0.1, 0.15) is 51.9 Å². The van der Waals surface area contributed by atoms with Gasteiger partial charge < -0.3 is 14.8 Å². The molecule has 0 spiro atoms. The summed E-state index contributed by atoms with van der Waals surface area (Å²) in [4.78, 5) is 36.4. The summed E-state index contributed by atoms with van der Waals surface area (Å²) < 4.78 is 10.8. The van der Waals surface area contributed by atoms with Crippen molar-refractivity contribution >= 4 is 30.1 Å². The van der Waals surface area contributed by atoms with Gasteiger partial charge in [-0.15, -0.1) is 12.4 Å². The Bertz CT molecular complexity index is 671. The van der Waals surface area contributed by atoms with Crippen LogP contribution < -0.4 is 14.8 Å². The topological polar surface area (TPSA) is 81.7 Å². The third-order valence-corrected chi connectivity index (χ3v) is 3.23. The summed E-state index contributed by atoms with van der Waals surface area (Å²) in [6.07, 6.45) is 0. The zero-order valence-electron chi connectivity index (χ0n) is 16.4. The van der Waals surface area contributed by atoms with E-state index < -0.39 is 22.8 Å². The second-order valence-electron chi connectivity index (χ2n) is 7.89. The molecule has 0 fully saturated rings. The summed E-state index contributed by atoms with van der Waals surface area (Å²) in [6, 6.07) is 4.44. The predicted molar refractivity (Wildman–Crippen MR) is 102 cm³/mol. The van der Waals surface area contributed by atoms with Gasteiger partial charge in [0.1, 0.15) is 0 Å². The number of Topliss-reactive ketones (excluding diaryl/α,β-unsaturated/α-hetero) is 1. The van der Waals surface area contributed by atoms with E-state index >= 15 is 0 Å². The van der Waals surface area contributed by atoms with Crippen molar-refractivity contribution in [3.05, 3.63) is 23.8 Å². The van der Waals surface area contributed by atoms with Gasteiger partial charge in [0, 0.05) is 5.56 Å². The summed E-state index contributed by atoms with van der Waals surface area (Å²) in [5.41, 5.74) is -1.09. The second-order valence-corrected chi connectivity index (χ2v) is 7.89. The third-order valence-electron chi connectivity index (χ3n) is 3.23. The van der Waals surface area contributed by atoms with Crippen LogP contribution in [0.2, 0.25) is 0 Å². The van der Waals surface area contributed by atoms with Crippen LogP contribution in [0.5, 0.6) is 11.5 Å². The summed E-state index contributed by atoms with van der Waals surface area (Å²) in [7, 11) is 1.66. The van der Waals surface area contributed by atoms with Gasteiger partial charge in [-0.05, 0) is 66.8 Å². The van der Waals surface area contributed by atoms with E-state index in [1.54, 1.807) is 54.7 Å². The number of carbonyl (C=O) groups is 3. The number of ether oxygens (including phenoxy) is 2. The molecule has 0 saturated heterocycles. The first-order chi connectivity index (χ1) is 11.4. The van der Waals surface area contributed by atoms with Crippen LogP contribution in [0.4, 0.5) is 0 Å². The summed E-state index contributed by atoms with van der Waals surface area (Å²) >= 11 is 0. The number of rotatable bonds is 5. The Kier molecular flexibility index (Phi) is 8.47. The number of carbonyl (C=O) groups excluding carboxylic acids is 3. The average Bonchev–Trinajstić information content (AvgIpc) is 2.47. The second kappa shape index (κ2) is 9.14. The Morgan fingerprint density at radius 2 is 1.35 bits per heavy atom. The summed E-state index contributed by atoms with van der Waals surface area (Å²) in [5.74, 6) is -0.948. The highest BCUT2D eigenvalue weighted by Gasteiger charge is 2.28. The molecule has 7 heteroatoms. The van der Waals surface area contributed by atoms with Crippen molar-refractivity contribution in [1.29, 1.82) is 0 Å². The standard InChI is InChI=1S/C19H27NO5.ClH/c1-18(2,3)16(22)24-14-9-8-12(13(21)11-20-7)10-15(14)25-17(23)19(4,5)6;/h8-10,20H,11H2,1-7H3;1H. The number of ketones is 1. The molecule has 0 amide bonds. The fourth-order valence-corrected chi connectivity index (χ4v) is 1.61. The van der Waals surface area contributed by atoms with Crippen LogP contribution in [-0.4, -0.2) is 31.3 Å². The highest BCUT2D eigenvalue weighted by molar-refractivity contribution is 5.98. The molecule has 146 valence electrons. The normalized spacial score (nSPS) is 11.3. The van der Waals surface area contributed by atoms with E-state index in [1.807, 2.05) is 0 Å². The Hall–Kier alpha value is -1.92. The fraction of sp³-hybridized carbons (Fsp3) is 0.526. The molecule has 0 aliphatic rings. The molecule has 1 aromatic carbocycles. The molecule has 1 N–H and O–H groups in total. The van der Waals surface area contributed by atoms with Gasteiger partial charge in [-0.2, -0.15) is 0 Å². The zero-order valence-corrected chi connectivity index (χ0v) is 17.2. The van der Waals surface area contributed by atoms with Crippen molar-refractivity contribution in [1.82, 2.24) is 5.32 Å². The van der Waals surface area contributed by atoms with Gasteiger partial charge in [0.15, 0.2) is 17.3 Å². The van der Waals surface area contributed by atoms with Crippen molar-refractivity contribution in [3.63, 3.8) is 0 Å². The first kappa shape index (κ1) is 24.1. The Balaban J connectivity index is 0.00000625. The van der Waals surface area contributed by atoms with E-state index in [2.05, 4.69) is 5.32 Å². The molecule has 1 aromatic rings. The largest absolute Gasteiger partial charge is 0.422 e. The maximum atomic E-state index is 12.2. The van der Waals surface area contributed by atoms with Crippen LogP contribution in [-0.2, 0) is 9.59 Å². The number of hydrogen-bond acceptors (Lipinski definition) is 6. The SMILES string of the molecule is CNCC(=O)c1ccc(OC(=O)C(C)(C)C)c(OC(=O)C(C)(C)C)c1.Cl. The number of likely N-dealkylation sites (N-methyl/N-ethyl adjacent to an activating group) is 1. The fourth-order valence-electron chi connectivity index (χ4n) is 1.61. The monoisotopic (exact) mass is 385 g/mol. The molecule has 6 nitrogen and oxygen atoms in total. The lowest BCUT2D eigenvalue weighted by Gasteiger charge is -2.20. The summed E-state index contributed by atoms with van der Waals surface area (Å²) in [5, 5.41) is 2.77. The van der Waals surface area contributed by atoms with E-state index in [0.717, 1.165) is 0 Å². The molecule has 0 saturated carbocycles. The van der Waals surface area contributed by atoms with E-state index in [1.165, 1.54) is 12.1 Å². The van der Waals surface area contributed by atoms with Crippen LogP contribution in [0.3, 0.4) is 0 Å². The predicted octanol–water partition coefficient (Wildman–Crippen LogP) is 3.41. The first-order valence-corrected chi connectivity index (χ1v) is 8.12. The molecule has 0 radical (unpaired) electrons. The Morgan fingerprint density at radius 3 is 1.77 bits per heavy atom. The number of hydrogen-bond donors (Lipinski definition) is 1. The van der Waals surface area contributed by atoms with Crippen LogP contribution >= 0.6 is 12.4 Å². The van der Waals surface area contributed by atoms with Crippen molar-refractivity contribution in [2.45, 2.75) is 41.5 Å². The smallest absolute Gasteiger partial charge is 0.316 e. The van der Waals surface area contributed by atoms with Crippen LogP contribution in [0.15, 0.2) is 18.2 Å². The molecular formula is C19H28ClNO5. The Morgan fingerprint density at radius 1 is 0.885 bits per heavy atom. The third kappa shape index (κ3) is 6.77. The number of nitrogens with one attached hydrogen (secondary N) is 1. The molecule has 0 bridgehead atoms. The van der Waals surface area contributed by atoms with Crippen molar-refractivity contribution in [2.75, 3.05) is 13.6 Å². The molecular weight excluding hydrogens is 358 g/mol. The van der Waals surface area contributed by atoms with E-state index in [4.69, 9.17) is 9.47 Å². The highest BCUT2D eigenvalue weighted by Crippen LogP contribution is 2.32. The van der Waals surface area contributed by atoms with Crippen molar-refractivity contribution in [3.8, 4) is 11.5 Å². The maximum absolute atomic E-state index is 12.2. The molecule has 26 heavy (non-hydrogen) atoms. The Labute approximate surface area is 161 Å². The van der Waals surface area contributed by atoms with Gasteiger partial charge in [-0.1, -0.05) is 0 Å². The number of benzene rings is 1. The lowest BCUT2D eigenvalue weighted by Crippen LogP contribution is -2.28. The van der Waals surface area contributed by atoms with Gasteiger partial charge in [-0.25, -0.2) is 0 Å². The molecule has 0 aliphatic carbocycles. The minimum Gasteiger partial charge on any atom is -0.422 e.